The molecule has 2 aromatic rings. The van der Waals surface area contributed by atoms with E-state index in [-0.39, 0.29) is 5.82 Å². The van der Waals surface area contributed by atoms with E-state index >= 15 is 0 Å². The second-order valence-electron chi connectivity index (χ2n) is 3.09. The molecule has 1 aromatic heterocycles. The zero-order chi connectivity index (χ0) is 10.7. The van der Waals surface area contributed by atoms with Crippen LogP contribution in [0.25, 0.3) is 10.9 Å². The predicted molar refractivity (Wildman–Crippen MR) is 59.1 cm³/mol. The number of hydrogen-bond acceptors (Lipinski definition) is 0. The first-order valence-corrected chi connectivity index (χ1v) is 4.93. The summed E-state index contributed by atoms with van der Waals surface area (Å²) in [7, 11) is 0. The fourth-order valence-electron chi connectivity index (χ4n) is 1.46. The lowest BCUT2D eigenvalue weighted by molar-refractivity contribution is 0.621. The van der Waals surface area contributed by atoms with Crippen LogP contribution in [-0.2, 0) is 0 Å². The molecule has 1 N–H and O–H groups in total. The molecule has 1 heterocycles. The van der Waals surface area contributed by atoms with Crippen LogP contribution in [0.1, 0.15) is 25.1 Å². The molecule has 0 aliphatic rings. The van der Waals surface area contributed by atoms with E-state index < -0.39 is 0 Å². The molecule has 2 heteroatoms. The third kappa shape index (κ3) is 1.79. The molecule has 0 bridgehead atoms. The highest BCUT2D eigenvalue weighted by Gasteiger charge is 2.03. The van der Waals surface area contributed by atoms with Gasteiger partial charge in [0.25, 0.3) is 0 Å². The van der Waals surface area contributed by atoms with Gasteiger partial charge in [-0.1, -0.05) is 13.8 Å². The van der Waals surface area contributed by atoms with Crippen molar-refractivity contribution >= 4 is 10.9 Å². The Morgan fingerprint density at radius 2 is 1.79 bits per heavy atom. The van der Waals surface area contributed by atoms with E-state index in [1.807, 2.05) is 26.8 Å². The number of hydrogen-bond donors (Lipinski definition) is 1. The van der Waals surface area contributed by atoms with Gasteiger partial charge in [0.05, 0.1) is 0 Å². The average Bonchev–Trinajstić information content (AvgIpc) is 2.57. The van der Waals surface area contributed by atoms with Gasteiger partial charge in [-0.25, -0.2) is 4.39 Å². The minimum absolute atomic E-state index is 0.137. The predicted octanol–water partition coefficient (Wildman–Crippen LogP) is 3.95. The molecule has 1 nitrogen and oxygen atoms in total. The second kappa shape index (κ2) is 4.27. The van der Waals surface area contributed by atoms with Crippen LogP contribution >= 0.6 is 0 Å². The fraction of sp³-hybridized carbons (Fsp3) is 0.333. The van der Waals surface area contributed by atoms with Gasteiger partial charge >= 0.3 is 0 Å². The number of fused-ring (bicyclic) bond motifs is 1. The van der Waals surface area contributed by atoms with Gasteiger partial charge in [-0.15, -0.1) is 0 Å². The van der Waals surface area contributed by atoms with Crippen molar-refractivity contribution in [1.82, 2.24) is 4.98 Å². The molecule has 0 atom stereocenters. The third-order valence-corrected chi connectivity index (χ3v) is 2.14. The molecule has 0 aliphatic heterocycles. The van der Waals surface area contributed by atoms with Gasteiger partial charge in [0.15, 0.2) is 0 Å². The lowest BCUT2D eigenvalue weighted by atomic mass is 10.1. The monoisotopic (exact) mass is 193 g/mol. The Labute approximate surface area is 84.0 Å². The SMILES string of the molecule is CC.Cc1cc2c(C)c(F)ccc2[nH]1. The largest absolute Gasteiger partial charge is 0.359 e. The van der Waals surface area contributed by atoms with Crippen LogP contribution in [0.15, 0.2) is 18.2 Å². The van der Waals surface area contributed by atoms with Crippen molar-refractivity contribution < 1.29 is 4.39 Å². The smallest absolute Gasteiger partial charge is 0.126 e. The Morgan fingerprint density at radius 1 is 1.14 bits per heavy atom. The second-order valence-corrected chi connectivity index (χ2v) is 3.09. The number of H-pyrrole nitrogens is 1. The maximum absolute atomic E-state index is 13.0. The number of aromatic nitrogens is 1. The molecule has 0 amide bonds. The molecule has 0 aliphatic carbocycles. The van der Waals surface area contributed by atoms with Crippen LogP contribution in [0, 0.1) is 19.7 Å². The Balaban J connectivity index is 0.000000461. The summed E-state index contributed by atoms with van der Waals surface area (Å²) < 4.78 is 13.0. The summed E-state index contributed by atoms with van der Waals surface area (Å²) in [4.78, 5) is 3.16. The van der Waals surface area contributed by atoms with E-state index in [1.165, 1.54) is 6.07 Å². The van der Waals surface area contributed by atoms with Gasteiger partial charge in [-0.05, 0) is 37.6 Å². The molecular weight excluding hydrogens is 177 g/mol. The van der Waals surface area contributed by atoms with Crippen LogP contribution in [-0.4, -0.2) is 4.98 Å². The Hall–Kier alpha value is -1.31. The van der Waals surface area contributed by atoms with Gasteiger partial charge in [0.2, 0.25) is 0 Å². The maximum atomic E-state index is 13.0. The molecule has 76 valence electrons. The van der Waals surface area contributed by atoms with Gasteiger partial charge in [0, 0.05) is 16.6 Å². The average molecular weight is 193 g/mol. The van der Waals surface area contributed by atoms with Crippen molar-refractivity contribution in [2.75, 3.05) is 0 Å². The van der Waals surface area contributed by atoms with Crippen LogP contribution in [0.3, 0.4) is 0 Å². The summed E-state index contributed by atoms with van der Waals surface area (Å²) in [6, 6.07) is 5.23. The first-order valence-electron chi connectivity index (χ1n) is 4.93. The summed E-state index contributed by atoms with van der Waals surface area (Å²) in [6.45, 7) is 7.77. The molecule has 2 rings (SSSR count). The van der Waals surface area contributed by atoms with E-state index in [2.05, 4.69) is 4.98 Å². The fourth-order valence-corrected chi connectivity index (χ4v) is 1.46. The van der Waals surface area contributed by atoms with Crippen LogP contribution in [0.2, 0.25) is 0 Å². The Morgan fingerprint density at radius 3 is 2.43 bits per heavy atom. The highest BCUT2D eigenvalue weighted by atomic mass is 19.1. The first kappa shape index (κ1) is 10.8. The van der Waals surface area contributed by atoms with E-state index in [9.17, 15) is 4.39 Å². The lowest BCUT2D eigenvalue weighted by Gasteiger charge is -1.96. The standard InChI is InChI=1S/C10H10FN.C2H6/c1-6-5-8-7(2)9(11)3-4-10(8)12-6;1-2/h3-5,12H,1-2H3;1-2H3. The molecular formula is C12H16FN. The quantitative estimate of drug-likeness (QED) is 0.652. The molecule has 0 radical (unpaired) electrons. The number of nitrogens with one attached hydrogen (secondary N) is 1. The van der Waals surface area contributed by atoms with Crippen LogP contribution in [0.4, 0.5) is 4.39 Å². The molecule has 14 heavy (non-hydrogen) atoms. The van der Waals surface area contributed by atoms with Gasteiger partial charge in [-0.2, -0.15) is 0 Å². The van der Waals surface area contributed by atoms with Crippen molar-refractivity contribution in [1.29, 1.82) is 0 Å². The van der Waals surface area contributed by atoms with E-state index in [4.69, 9.17) is 0 Å². The van der Waals surface area contributed by atoms with E-state index in [1.54, 1.807) is 13.0 Å². The van der Waals surface area contributed by atoms with Gasteiger partial charge < -0.3 is 4.98 Å². The van der Waals surface area contributed by atoms with Crippen molar-refractivity contribution in [2.45, 2.75) is 27.7 Å². The lowest BCUT2D eigenvalue weighted by Crippen LogP contribution is -1.81. The minimum atomic E-state index is -0.137. The molecule has 0 fully saturated rings. The van der Waals surface area contributed by atoms with Crippen molar-refractivity contribution in [3.63, 3.8) is 0 Å². The number of benzene rings is 1. The topological polar surface area (TPSA) is 15.8 Å². The van der Waals surface area contributed by atoms with E-state index in [0.29, 0.717) is 0 Å². The Kier molecular flexibility index (Phi) is 3.28. The minimum Gasteiger partial charge on any atom is -0.359 e. The summed E-state index contributed by atoms with van der Waals surface area (Å²) >= 11 is 0. The summed E-state index contributed by atoms with van der Waals surface area (Å²) in [6.07, 6.45) is 0. The normalized spacial score (nSPS) is 9.79. The highest BCUT2D eigenvalue weighted by molar-refractivity contribution is 5.83. The van der Waals surface area contributed by atoms with Crippen LogP contribution < -0.4 is 0 Å². The number of aromatic amines is 1. The first-order chi connectivity index (χ1) is 6.68. The number of rotatable bonds is 0. The molecule has 1 aromatic carbocycles. The summed E-state index contributed by atoms with van der Waals surface area (Å²) in [5, 5.41) is 0.979. The zero-order valence-corrected chi connectivity index (χ0v) is 9.11. The van der Waals surface area contributed by atoms with Crippen LogP contribution in [0.5, 0.6) is 0 Å². The Bertz CT molecular complexity index is 429. The van der Waals surface area contributed by atoms with Crippen molar-refractivity contribution in [3.8, 4) is 0 Å². The maximum Gasteiger partial charge on any atom is 0.126 e. The van der Waals surface area contributed by atoms with E-state index in [0.717, 1.165) is 22.2 Å². The molecule has 0 spiro atoms. The molecule has 0 unspecified atom stereocenters. The summed E-state index contributed by atoms with van der Waals surface area (Å²) in [5.41, 5.74) is 2.79. The highest BCUT2D eigenvalue weighted by Crippen LogP contribution is 2.21. The summed E-state index contributed by atoms with van der Waals surface area (Å²) in [5.74, 6) is -0.137. The molecule has 0 saturated heterocycles. The van der Waals surface area contributed by atoms with Crippen molar-refractivity contribution in [2.24, 2.45) is 0 Å². The molecule has 0 saturated carbocycles. The third-order valence-electron chi connectivity index (χ3n) is 2.14. The number of halogens is 1. The van der Waals surface area contributed by atoms with Gasteiger partial charge in [-0.3, -0.25) is 0 Å². The van der Waals surface area contributed by atoms with Crippen molar-refractivity contribution in [3.05, 3.63) is 35.3 Å². The van der Waals surface area contributed by atoms with Gasteiger partial charge in [0.1, 0.15) is 5.82 Å². The zero-order valence-electron chi connectivity index (χ0n) is 9.11. The number of aryl methyl sites for hydroxylation is 2.